The van der Waals surface area contributed by atoms with E-state index in [1.54, 1.807) is 0 Å². The number of piperazine rings is 1. The number of anilines is 3. The summed E-state index contributed by atoms with van der Waals surface area (Å²) in [5, 5.41) is 3.37. The third kappa shape index (κ3) is 4.82. The number of hydrogen-bond acceptors (Lipinski definition) is 6. The SMILES string of the molecule is Cc1nc(Nc2ccc(OC(C)C)cc2)cc(N2CCN(C)CC2)n1. The zero-order valence-electron chi connectivity index (χ0n) is 15.5. The van der Waals surface area contributed by atoms with Gasteiger partial charge in [0, 0.05) is 37.9 Å². The molecule has 0 saturated carbocycles. The predicted octanol–water partition coefficient (Wildman–Crippen LogP) is 3.07. The van der Waals surface area contributed by atoms with Crippen molar-refractivity contribution in [1.82, 2.24) is 14.9 Å². The second kappa shape index (κ2) is 7.70. The number of hydrogen-bond donors (Lipinski definition) is 1. The highest BCUT2D eigenvalue weighted by molar-refractivity contribution is 5.60. The van der Waals surface area contributed by atoms with Gasteiger partial charge >= 0.3 is 0 Å². The van der Waals surface area contributed by atoms with Crippen molar-refractivity contribution >= 4 is 17.3 Å². The van der Waals surface area contributed by atoms with Crippen molar-refractivity contribution in [3.8, 4) is 5.75 Å². The molecule has 0 atom stereocenters. The maximum atomic E-state index is 5.68. The van der Waals surface area contributed by atoms with E-state index in [-0.39, 0.29) is 6.10 Å². The molecular formula is C19H27N5O. The molecule has 0 radical (unpaired) electrons. The summed E-state index contributed by atoms with van der Waals surface area (Å²) in [4.78, 5) is 13.8. The molecule has 1 N–H and O–H groups in total. The predicted molar refractivity (Wildman–Crippen MR) is 102 cm³/mol. The van der Waals surface area contributed by atoms with Crippen LogP contribution in [0.3, 0.4) is 0 Å². The first-order valence-electron chi connectivity index (χ1n) is 8.82. The highest BCUT2D eigenvalue weighted by Gasteiger charge is 2.16. The molecule has 3 rings (SSSR count). The second-order valence-corrected chi connectivity index (χ2v) is 6.76. The number of nitrogens with zero attached hydrogens (tertiary/aromatic N) is 4. The van der Waals surface area contributed by atoms with Crippen LogP contribution in [0.25, 0.3) is 0 Å². The van der Waals surface area contributed by atoms with Crippen LogP contribution in [0.15, 0.2) is 30.3 Å². The molecule has 134 valence electrons. The summed E-state index contributed by atoms with van der Waals surface area (Å²) in [6, 6.07) is 9.97. The Balaban J connectivity index is 1.72. The van der Waals surface area contributed by atoms with Crippen LogP contribution in [-0.4, -0.2) is 54.2 Å². The maximum absolute atomic E-state index is 5.68. The van der Waals surface area contributed by atoms with Crippen molar-refractivity contribution < 1.29 is 4.74 Å². The van der Waals surface area contributed by atoms with Gasteiger partial charge in [-0.05, 0) is 52.1 Å². The molecule has 0 unspecified atom stereocenters. The van der Waals surface area contributed by atoms with Crippen molar-refractivity contribution in [3.05, 3.63) is 36.2 Å². The Morgan fingerprint density at radius 3 is 2.36 bits per heavy atom. The first kappa shape index (κ1) is 17.5. The van der Waals surface area contributed by atoms with Crippen LogP contribution in [0, 0.1) is 6.92 Å². The van der Waals surface area contributed by atoms with Crippen LogP contribution in [-0.2, 0) is 0 Å². The number of likely N-dealkylation sites (N-methyl/N-ethyl adjacent to an activating group) is 1. The summed E-state index contributed by atoms with van der Waals surface area (Å²) < 4.78 is 5.68. The first-order chi connectivity index (χ1) is 12.0. The Bertz CT molecular complexity index is 693. The highest BCUT2D eigenvalue weighted by atomic mass is 16.5. The molecule has 2 heterocycles. The van der Waals surface area contributed by atoms with Gasteiger partial charge in [0.15, 0.2) is 0 Å². The third-order valence-corrected chi connectivity index (χ3v) is 4.15. The van der Waals surface area contributed by atoms with Crippen LogP contribution in [0.5, 0.6) is 5.75 Å². The van der Waals surface area contributed by atoms with Crippen LogP contribution < -0.4 is 15.0 Å². The molecule has 0 bridgehead atoms. The quantitative estimate of drug-likeness (QED) is 0.902. The average Bonchev–Trinajstić information content (AvgIpc) is 2.56. The van der Waals surface area contributed by atoms with Crippen LogP contribution in [0.1, 0.15) is 19.7 Å². The van der Waals surface area contributed by atoms with Crippen LogP contribution >= 0.6 is 0 Å². The fourth-order valence-electron chi connectivity index (χ4n) is 2.85. The molecule has 0 spiro atoms. The molecule has 1 aliphatic rings. The zero-order chi connectivity index (χ0) is 17.8. The average molecular weight is 341 g/mol. The Labute approximate surface area is 149 Å². The lowest BCUT2D eigenvalue weighted by molar-refractivity contribution is 0.242. The molecule has 1 fully saturated rings. The summed E-state index contributed by atoms with van der Waals surface area (Å²) in [6.45, 7) is 10.1. The van der Waals surface area contributed by atoms with Gasteiger partial charge in [-0.15, -0.1) is 0 Å². The largest absolute Gasteiger partial charge is 0.491 e. The summed E-state index contributed by atoms with van der Waals surface area (Å²) in [5.74, 6) is 3.46. The summed E-state index contributed by atoms with van der Waals surface area (Å²) in [6.07, 6.45) is 0.175. The van der Waals surface area contributed by atoms with Crippen LogP contribution in [0.4, 0.5) is 17.3 Å². The van der Waals surface area contributed by atoms with Gasteiger partial charge in [-0.3, -0.25) is 0 Å². The second-order valence-electron chi connectivity index (χ2n) is 6.76. The molecule has 2 aromatic rings. The van der Waals surface area contributed by atoms with Crippen molar-refractivity contribution in [2.24, 2.45) is 0 Å². The minimum absolute atomic E-state index is 0.175. The van der Waals surface area contributed by atoms with Gasteiger partial charge < -0.3 is 19.9 Å². The number of benzene rings is 1. The Morgan fingerprint density at radius 2 is 1.72 bits per heavy atom. The van der Waals surface area contributed by atoms with E-state index in [2.05, 4.69) is 32.1 Å². The molecular weight excluding hydrogens is 314 g/mol. The number of rotatable bonds is 5. The smallest absolute Gasteiger partial charge is 0.136 e. The topological polar surface area (TPSA) is 53.5 Å². The molecule has 1 saturated heterocycles. The van der Waals surface area contributed by atoms with Gasteiger partial charge in [0.25, 0.3) is 0 Å². The fraction of sp³-hybridized carbons (Fsp3) is 0.474. The summed E-state index contributed by atoms with van der Waals surface area (Å²) in [7, 11) is 2.15. The van der Waals surface area contributed by atoms with Crippen molar-refractivity contribution in [3.63, 3.8) is 0 Å². The van der Waals surface area contributed by atoms with Gasteiger partial charge in [-0.1, -0.05) is 0 Å². The van der Waals surface area contributed by atoms with Gasteiger partial charge in [-0.25, -0.2) is 9.97 Å². The normalized spacial score (nSPS) is 15.5. The molecule has 0 aliphatic carbocycles. The van der Waals surface area contributed by atoms with Crippen molar-refractivity contribution in [2.45, 2.75) is 26.9 Å². The highest BCUT2D eigenvalue weighted by Crippen LogP contribution is 2.23. The maximum Gasteiger partial charge on any atom is 0.136 e. The minimum atomic E-state index is 0.175. The number of nitrogens with one attached hydrogen (secondary N) is 1. The molecule has 1 aromatic heterocycles. The minimum Gasteiger partial charge on any atom is -0.491 e. The standard InChI is InChI=1S/C19H27N5O/c1-14(2)25-17-7-5-16(6-8-17)22-18-13-19(21-15(3)20-18)24-11-9-23(4)10-12-24/h5-8,13-14H,9-12H2,1-4H3,(H,20,21,22). The molecule has 25 heavy (non-hydrogen) atoms. The fourth-order valence-corrected chi connectivity index (χ4v) is 2.85. The lowest BCUT2D eigenvalue weighted by atomic mass is 10.3. The van der Waals surface area contributed by atoms with Gasteiger partial charge in [-0.2, -0.15) is 0 Å². The molecule has 1 aromatic carbocycles. The monoisotopic (exact) mass is 341 g/mol. The van der Waals surface area contributed by atoms with Crippen molar-refractivity contribution in [1.29, 1.82) is 0 Å². The molecule has 1 aliphatic heterocycles. The van der Waals surface area contributed by atoms with E-state index in [0.717, 1.165) is 55.1 Å². The summed E-state index contributed by atoms with van der Waals surface area (Å²) in [5.41, 5.74) is 0.985. The number of aryl methyl sites for hydroxylation is 1. The van der Waals surface area contributed by atoms with Gasteiger partial charge in [0.1, 0.15) is 23.2 Å². The lowest BCUT2D eigenvalue weighted by Gasteiger charge is -2.33. The van der Waals surface area contributed by atoms with E-state index >= 15 is 0 Å². The van der Waals surface area contributed by atoms with E-state index in [4.69, 9.17) is 4.74 Å². The van der Waals surface area contributed by atoms with E-state index in [1.165, 1.54) is 0 Å². The van der Waals surface area contributed by atoms with E-state index in [1.807, 2.05) is 51.1 Å². The molecule has 6 nitrogen and oxygen atoms in total. The number of ether oxygens (including phenoxy) is 1. The van der Waals surface area contributed by atoms with Crippen molar-refractivity contribution in [2.75, 3.05) is 43.4 Å². The van der Waals surface area contributed by atoms with E-state index < -0.39 is 0 Å². The zero-order valence-corrected chi connectivity index (χ0v) is 15.5. The van der Waals surface area contributed by atoms with Crippen LogP contribution in [0.2, 0.25) is 0 Å². The van der Waals surface area contributed by atoms with Gasteiger partial charge in [0.2, 0.25) is 0 Å². The van der Waals surface area contributed by atoms with Gasteiger partial charge in [0.05, 0.1) is 6.10 Å². The first-order valence-corrected chi connectivity index (χ1v) is 8.82. The van der Waals surface area contributed by atoms with E-state index in [0.29, 0.717) is 0 Å². The number of aromatic nitrogens is 2. The molecule has 0 amide bonds. The van der Waals surface area contributed by atoms with E-state index in [9.17, 15) is 0 Å². The lowest BCUT2D eigenvalue weighted by Crippen LogP contribution is -2.44. The summed E-state index contributed by atoms with van der Waals surface area (Å²) >= 11 is 0. The Hall–Kier alpha value is -2.34. The Kier molecular flexibility index (Phi) is 5.38. The third-order valence-electron chi connectivity index (χ3n) is 4.15. The Morgan fingerprint density at radius 1 is 1.04 bits per heavy atom. The molecule has 6 heteroatoms.